The van der Waals surface area contributed by atoms with E-state index in [2.05, 4.69) is 16.0 Å². The van der Waals surface area contributed by atoms with Gasteiger partial charge in [-0.15, -0.1) is 0 Å². The summed E-state index contributed by atoms with van der Waals surface area (Å²) in [6.45, 7) is 3.11. The summed E-state index contributed by atoms with van der Waals surface area (Å²) in [6, 6.07) is 15.6. The summed E-state index contributed by atoms with van der Waals surface area (Å²) >= 11 is 0. The van der Waals surface area contributed by atoms with Gasteiger partial charge in [0.05, 0.1) is 5.52 Å². The van der Waals surface area contributed by atoms with E-state index in [9.17, 15) is 4.79 Å². The van der Waals surface area contributed by atoms with Gasteiger partial charge in [0.25, 0.3) is 5.91 Å². The van der Waals surface area contributed by atoms with Gasteiger partial charge in [0.2, 0.25) is 0 Å². The fraction of sp³-hybridized carbons (Fsp3) is 0.304. The van der Waals surface area contributed by atoms with Gasteiger partial charge in [-0.05, 0) is 44.1 Å². The maximum Gasteiger partial charge on any atom is 0.276 e. The summed E-state index contributed by atoms with van der Waals surface area (Å²) in [4.78, 5) is 19.2. The number of guanidine groups is 1. The monoisotopic (exact) mass is 405 g/mol. The Hall–Kier alpha value is -3.32. The van der Waals surface area contributed by atoms with Crippen LogP contribution >= 0.6 is 0 Å². The Labute approximate surface area is 175 Å². The van der Waals surface area contributed by atoms with E-state index in [1.807, 2.05) is 36.4 Å². The fourth-order valence-corrected chi connectivity index (χ4v) is 3.83. The molecule has 0 unspecified atom stereocenters. The number of aromatic amines is 1. The molecule has 7 nitrogen and oxygen atoms in total. The van der Waals surface area contributed by atoms with E-state index in [0.29, 0.717) is 11.4 Å². The second-order valence-electron chi connectivity index (χ2n) is 7.70. The van der Waals surface area contributed by atoms with Gasteiger partial charge in [-0.2, -0.15) is 0 Å². The molecule has 3 aromatic rings. The number of carbonyl (C=O) groups is 1. The topological polar surface area (TPSA) is 98.4 Å². The third kappa shape index (κ3) is 4.16. The van der Waals surface area contributed by atoms with Crippen molar-refractivity contribution in [3.63, 3.8) is 0 Å². The van der Waals surface area contributed by atoms with Crippen LogP contribution in [0.15, 0.2) is 48.5 Å². The van der Waals surface area contributed by atoms with Crippen molar-refractivity contribution in [1.82, 2.24) is 14.8 Å². The summed E-state index contributed by atoms with van der Waals surface area (Å²) in [6.07, 6.45) is 3.80. The average Bonchev–Trinajstić information content (AvgIpc) is 3.20. The molecule has 1 amide bonds. The number of benzene rings is 2. The Balaban J connectivity index is 1.61. The average molecular weight is 406 g/mol. The van der Waals surface area contributed by atoms with Crippen LogP contribution < -0.4 is 10.5 Å². The number of hydrogen-bond donors (Lipinski definition) is 3. The Kier molecular flexibility index (Phi) is 5.72. The molecule has 7 heteroatoms. The zero-order valence-corrected chi connectivity index (χ0v) is 17.1. The van der Waals surface area contributed by atoms with Gasteiger partial charge in [-0.3, -0.25) is 20.0 Å². The predicted octanol–water partition coefficient (Wildman–Crippen LogP) is 3.91. The first-order valence-corrected chi connectivity index (χ1v) is 10.2. The second kappa shape index (κ2) is 8.59. The molecule has 0 saturated carbocycles. The summed E-state index contributed by atoms with van der Waals surface area (Å²) in [5, 5.41) is 8.34. The first-order chi connectivity index (χ1) is 14.5. The molecule has 2 heterocycles. The van der Waals surface area contributed by atoms with Crippen LogP contribution in [-0.4, -0.2) is 46.8 Å². The number of likely N-dealkylation sites (tertiary alicyclic amines) is 1. The maximum absolute atomic E-state index is 12.5. The van der Waals surface area contributed by atoms with Crippen LogP contribution in [0.25, 0.3) is 10.9 Å². The van der Waals surface area contributed by atoms with Crippen LogP contribution in [0.3, 0.4) is 0 Å². The number of H-pyrrole nitrogens is 1. The van der Waals surface area contributed by atoms with Crippen molar-refractivity contribution in [2.45, 2.75) is 25.8 Å². The van der Waals surface area contributed by atoms with Gasteiger partial charge in [0.15, 0.2) is 11.7 Å². The molecule has 0 bridgehead atoms. The van der Waals surface area contributed by atoms with Gasteiger partial charge in [0, 0.05) is 24.5 Å². The third-order valence-corrected chi connectivity index (χ3v) is 5.55. The zero-order chi connectivity index (χ0) is 21.1. The number of nitrogens with one attached hydrogen (secondary N) is 2. The number of aromatic nitrogens is 1. The molecule has 1 saturated heterocycles. The molecule has 0 atom stereocenters. The highest BCUT2D eigenvalue weighted by molar-refractivity contribution is 6.06. The van der Waals surface area contributed by atoms with Crippen molar-refractivity contribution in [2.24, 2.45) is 5.73 Å². The number of nitrogens with zero attached hydrogens (tertiary/aromatic N) is 2. The standard InChI is InChI=1S/C23H27N5O2/c1-27(23(24)25)22(29)18-14-16-9-7-11-20(21(16)26-18)30-19-10-4-3-8-17(19)15-28-12-5-2-6-13-28/h3-4,7-11,14,26H,2,5-6,12-13,15H2,1H3,(H3,24,25). The van der Waals surface area contributed by atoms with Crippen molar-refractivity contribution >= 4 is 22.8 Å². The molecule has 0 radical (unpaired) electrons. The van der Waals surface area contributed by atoms with Crippen LogP contribution in [0.1, 0.15) is 35.3 Å². The molecule has 0 spiro atoms. The lowest BCUT2D eigenvalue weighted by molar-refractivity contribution is 0.0864. The van der Waals surface area contributed by atoms with Crippen LogP contribution in [0.5, 0.6) is 11.5 Å². The lowest BCUT2D eigenvalue weighted by Gasteiger charge is -2.27. The molecule has 2 aromatic carbocycles. The quantitative estimate of drug-likeness (QED) is 0.443. The smallest absolute Gasteiger partial charge is 0.276 e. The molecular formula is C23H27N5O2. The number of para-hydroxylation sites is 2. The van der Waals surface area contributed by atoms with Crippen LogP contribution in [0, 0.1) is 5.41 Å². The highest BCUT2D eigenvalue weighted by Crippen LogP contribution is 2.32. The van der Waals surface area contributed by atoms with E-state index >= 15 is 0 Å². The minimum absolute atomic E-state index is 0.304. The normalized spacial score (nSPS) is 14.6. The van der Waals surface area contributed by atoms with E-state index in [0.717, 1.165) is 46.8 Å². The summed E-state index contributed by atoms with van der Waals surface area (Å²) in [7, 11) is 1.48. The maximum atomic E-state index is 12.5. The number of amides is 1. The van der Waals surface area contributed by atoms with E-state index in [1.165, 1.54) is 26.3 Å². The minimum Gasteiger partial charge on any atom is -0.455 e. The van der Waals surface area contributed by atoms with Gasteiger partial charge >= 0.3 is 0 Å². The number of rotatable bonds is 5. The third-order valence-electron chi connectivity index (χ3n) is 5.55. The number of nitrogens with two attached hydrogens (primary N) is 1. The van der Waals surface area contributed by atoms with Crippen molar-refractivity contribution in [1.29, 1.82) is 5.41 Å². The van der Waals surface area contributed by atoms with E-state index < -0.39 is 0 Å². The van der Waals surface area contributed by atoms with Gasteiger partial charge in [-0.25, -0.2) is 0 Å². The summed E-state index contributed by atoms with van der Waals surface area (Å²) < 4.78 is 6.32. The highest BCUT2D eigenvalue weighted by atomic mass is 16.5. The van der Waals surface area contributed by atoms with Crippen LogP contribution in [0.4, 0.5) is 0 Å². The molecule has 1 aliphatic rings. The Morgan fingerprint density at radius 2 is 1.87 bits per heavy atom. The van der Waals surface area contributed by atoms with Gasteiger partial charge < -0.3 is 15.5 Å². The molecule has 1 aromatic heterocycles. The lowest BCUT2D eigenvalue weighted by atomic mass is 10.1. The van der Waals surface area contributed by atoms with Gasteiger partial charge in [-0.1, -0.05) is 36.8 Å². The van der Waals surface area contributed by atoms with Crippen molar-refractivity contribution in [3.8, 4) is 11.5 Å². The molecule has 1 aliphatic heterocycles. The SMILES string of the molecule is CN(C(=N)N)C(=O)c1cc2cccc(Oc3ccccc3CN3CCCCC3)c2[nH]1. The van der Waals surface area contributed by atoms with Crippen molar-refractivity contribution < 1.29 is 9.53 Å². The molecular weight excluding hydrogens is 378 g/mol. The van der Waals surface area contributed by atoms with E-state index in [4.69, 9.17) is 15.9 Å². The van der Waals surface area contributed by atoms with Gasteiger partial charge in [0.1, 0.15) is 11.4 Å². The van der Waals surface area contributed by atoms with Crippen LogP contribution in [0.2, 0.25) is 0 Å². The number of hydrogen-bond acceptors (Lipinski definition) is 4. The Bertz CT molecular complexity index is 1070. The Morgan fingerprint density at radius 1 is 1.13 bits per heavy atom. The predicted molar refractivity (Wildman–Crippen MR) is 118 cm³/mol. The van der Waals surface area contributed by atoms with Crippen molar-refractivity contribution in [2.75, 3.05) is 20.1 Å². The Morgan fingerprint density at radius 3 is 2.63 bits per heavy atom. The largest absolute Gasteiger partial charge is 0.455 e. The molecule has 1 fully saturated rings. The minimum atomic E-state index is -0.366. The zero-order valence-electron chi connectivity index (χ0n) is 17.1. The van der Waals surface area contributed by atoms with Crippen LogP contribution in [-0.2, 0) is 6.54 Å². The first kappa shape index (κ1) is 20.0. The molecule has 0 aliphatic carbocycles. The summed E-state index contributed by atoms with van der Waals surface area (Å²) in [5.74, 6) is 0.805. The molecule has 156 valence electrons. The molecule has 4 N–H and O–H groups in total. The van der Waals surface area contributed by atoms with E-state index in [-0.39, 0.29) is 11.9 Å². The number of carbonyl (C=O) groups excluding carboxylic acids is 1. The number of piperidine rings is 1. The lowest BCUT2D eigenvalue weighted by Crippen LogP contribution is -2.38. The van der Waals surface area contributed by atoms with E-state index in [1.54, 1.807) is 6.07 Å². The second-order valence-corrected chi connectivity index (χ2v) is 7.70. The number of fused-ring (bicyclic) bond motifs is 1. The summed E-state index contributed by atoms with van der Waals surface area (Å²) in [5.41, 5.74) is 7.69. The van der Waals surface area contributed by atoms with Crippen molar-refractivity contribution in [3.05, 3.63) is 59.8 Å². The number of ether oxygens (including phenoxy) is 1. The highest BCUT2D eigenvalue weighted by Gasteiger charge is 2.18. The molecule has 30 heavy (non-hydrogen) atoms. The first-order valence-electron chi connectivity index (χ1n) is 10.2. The molecule has 4 rings (SSSR count). The fourth-order valence-electron chi connectivity index (χ4n) is 3.83.